The van der Waals surface area contributed by atoms with Gasteiger partial charge in [0.05, 0.1) is 0 Å². The lowest BCUT2D eigenvalue weighted by molar-refractivity contribution is 0.404. The highest BCUT2D eigenvalue weighted by atomic mass is 79.9. The Morgan fingerprint density at radius 1 is 1.16 bits per heavy atom. The van der Waals surface area contributed by atoms with Crippen LogP contribution in [0.15, 0.2) is 34.8 Å². The van der Waals surface area contributed by atoms with Crippen LogP contribution in [-0.4, -0.2) is 0 Å². The molecule has 0 aliphatic heterocycles. The van der Waals surface area contributed by atoms with Gasteiger partial charge in [-0.1, -0.05) is 15.9 Å². The zero-order valence-corrected chi connectivity index (χ0v) is 12.4. The normalized spacial score (nSPS) is 10.6. The molecule has 2 rings (SSSR count). The van der Waals surface area contributed by atoms with E-state index in [1.165, 1.54) is 12.1 Å². The molecule has 2 aromatic rings. The second-order valence-electron chi connectivity index (χ2n) is 4.03. The summed E-state index contributed by atoms with van der Waals surface area (Å²) in [5, 5.41) is 0. The first kappa shape index (κ1) is 14.3. The third kappa shape index (κ3) is 3.25. The molecule has 0 saturated heterocycles. The van der Waals surface area contributed by atoms with E-state index in [0.717, 1.165) is 10.0 Å². The predicted octanol–water partition coefficient (Wildman–Crippen LogP) is 5.57. The molecule has 0 amide bonds. The number of rotatable bonds is 3. The van der Waals surface area contributed by atoms with Crippen LogP contribution >= 0.6 is 27.5 Å². The van der Waals surface area contributed by atoms with Gasteiger partial charge in [0.15, 0.2) is 17.4 Å². The van der Waals surface area contributed by atoms with E-state index < -0.39 is 17.4 Å². The van der Waals surface area contributed by atoms with Gasteiger partial charge in [0.2, 0.25) is 0 Å². The molecule has 0 aliphatic rings. The average Bonchev–Trinajstić information content (AvgIpc) is 2.35. The van der Waals surface area contributed by atoms with Crippen LogP contribution in [-0.2, 0) is 5.88 Å². The van der Waals surface area contributed by atoms with Crippen molar-refractivity contribution in [3.63, 3.8) is 0 Å². The van der Waals surface area contributed by atoms with Crippen molar-refractivity contribution >= 4 is 27.5 Å². The fourth-order valence-electron chi connectivity index (χ4n) is 1.62. The molecule has 19 heavy (non-hydrogen) atoms. The van der Waals surface area contributed by atoms with E-state index in [0.29, 0.717) is 11.3 Å². The maximum absolute atomic E-state index is 13.8. The van der Waals surface area contributed by atoms with Crippen LogP contribution in [0.25, 0.3) is 0 Å². The van der Waals surface area contributed by atoms with E-state index in [-0.39, 0.29) is 5.88 Å². The summed E-state index contributed by atoms with van der Waals surface area (Å²) in [5.74, 6) is -1.50. The molecule has 0 fully saturated rings. The van der Waals surface area contributed by atoms with Gasteiger partial charge in [-0.15, -0.1) is 11.6 Å². The molecule has 0 aromatic heterocycles. The van der Waals surface area contributed by atoms with Crippen LogP contribution in [0.4, 0.5) is 8.78 Å². The number of hydrogen-bond donors (Lipinski definition) is 0. The first-order valence-corrected chi connectivity index (χ1v) is 6.82. The molecule has 0 heterocycles. The Hall–Kier alpha value is -1.13. The third-order valence-corrected chi connectivity index (χ3v) is 3.36. The third-order valence-electron chi connectivity index (χ3n) is 2.56. The van der Waals surface area contributed by atoms with E-state index >= 15 is 0 Å². The van der Waals surface area contributed by atoms with Gasteiger partial charge in [0.25, 0.3) is 0 Å². The van der Waals surface area contributed by atoms with Crippen LogP contribution in [0.2, 0.25) is 0 Å². The molecule has 1 nitrogen and oxygen atoms in total. The van der Waals surface area contributed by atoms with E-state index in [2.05, 4.69) is 15.9 Å². The second-order valence-corrected chi connectivity index (χ2v) is 5.22. The molecule has 5 heteroatoms. The van der Waals surface area contributed by atoms with Gasteiger partial charge < -0.3 is 4.74 Å². The van der Waals surface area contributed by atoms with E-state index in [1.54, 1.807) is 25.1 Å². The number of hydrogen-bond acceptors (Lipinski definition) is 1. The zero-order chi connectivity index (χ0) is 14.0. The number of halogens is 4. The minimum Gasteiger partial charge on any atom is -0.451 e. The molecule has 100 valence electrons. The zero-order valence-electron chi connectivity index (χ0n) is 10.0. The van der Waals surface area contributed by atoms with Crippen LogP contribution in [0.1, 0.15) is 11.1 Å². The monoisotopic (exact) mass is 346 g/mol. The highest BCUT2D eigenvalue weighted by Crippen LogP contribution is 2.32. The fraction of sp³-hybridized carbons (Fsp3) is 0.143. The first-order valence-electron chi connectivity index (χ1n) is 5.49. The Kier molecular flexibility index (Phi) is 4.42. The summed E-state index contributed by atoms with van der Waals surface area (Å²) in [6.45, 7) is 1.79. The topological polar surface area (TPSA) is 9.23 Å². The van der Waals surface area contributed by atoms with Crippen molar-refractivity contribution in [3.8, 4) is 11.5 Å². The maximum Gasteiger partial charge on any atom is 0.198 e. The Balaban J connectivity index is 2.38. The molecule has 0 radical (unpaired) electrons. The summed E-state index contributed by atoms with van der Waals surface area (Å²) in [6.07, 6.45) is 0. The number of aryl methyl sites for hydroxylation is 1. The molecule has 0 bridgehead atoms. The lowest BCUT2D eigenvalue weighted by Gasteiger charge is -2.11. The van der Waals surface area contributed by atoms with Crippen molar-refractivity contribution in [3.05, 3.63) is 57.6 Å². The summed E-state index contributed by atoms with van der Waals surface area (Å²) in [7, 11) is 0. The highest BCUT2D eigenvalue weighted by molar-refractivity contribution is 9.10. The van der Waals surface area contributed by atoms with Gasteiger partial charge in [0, 0.05) is 10.4 Å². The molecule has 0 atom stereocenters. The van der Waals surface area contributed by atoms with Crippen molar-refractivity contribution in [1.82, 2.24) is 0 Å². The molecular weight excluding hydrogens is 338 g/mol. The van der Waals surface area contributed by atoms with E-state index in [4.69, 9.17) is 16.3 Å². The standard InChI is InChI=1S/C14H10BrClF2O/c1-8-4-10(15)2-3-13(8)19-14-11(17)5-9(7-16)6-12(14)18/h2-6H,7H2,1H3. The molecule has 0 spiro atoms. The van der Waals surface area contributed by atoms with Crippen LogP contribution in [0.3, 0.4) is 0 Å². The minimum atomic E-state index is -0.766. The first-order chi connectivity index (χ1) is 9.01. The summed E-state index contributed by atoms with van der Waals surface area (Å²) in [5.41, 5.74) is 1.14. The summed E-state index contributed by atoms with van der Waals surface area (Å²) in [6, 6.07) is 7.52. The maximum atomic E-state index is 13.8. The van der Waals surface area contributed by atoms with Gasteiger partial charge in [-0.05, 0) is 48.4 Å². The van der Waals surface area contributed by atoms with Crippen LogP contribution < -0.4 is 4.74 Å². The predicted molar refractivity (Wildman–Crippen MR) is 74.9 cm³/mol. The van der Waals surface area contributed by atoms with Crippen molar-refractivity contribution in [2.75, 3.05) is 0 Å². The van der Waals surface area contributed by atoms with Gasteiger partial charge in [-0.3, -0.25) is 0 Å². The summed E-state index contributed by atoms with van der Waals surface area (Å²) < 4.78 is 33.7. The van der Waals surface area contributed by atoms with Gasteiger partial charge in [-0.25, -0.2) is 8.78 Å². The van der Waals surface area contributed by atoms with Gasteiger partial charge >= 0.3 is 0 Å². The Labute approximate surface area is 123 Å². The minimum absolute atomic E-state index is 0.0471. The van der Waals surface area contributed by atoms with Crippen LogP contribution in [0.5, 0.6) is 11.5 Å². The number of ether oxygens (including phenoxy) is 1. The summed E-state index contributed by atoms with van der Waals surface area (Å²) in [4.78, 5) is 0. The van der Waals surface area contributed by atoms with Crippen molar-refractivity contribution in [2.45, 2.75) is 12.8 Å². The lowest BCUT2D eigenvalue weighted by Crippen LogP contribution is -1.96. The molecular formula is C14H10BrClF2O. The van der Waals surface area contributed by atoms with E-state index in [1.807, 2.05) is 0 Å². The largest absolute Gasteiger partial charge is 0.451 e. The van der Waals surface area contributed by atoms with E-state index in [9.17, 15) is 8.78 Å². The smallest absolute Gasteiger partial charge is 0.198 e. The van der Waals surface area contributed by atoms with Crippen molar-refractivity contribution < 1.29 is 13.5 Å². The second kappa shape index (κ2) is 5.88. The highest BCUT2D eigenvalue weighted by Gasteiger charge is 2.14. The molecule has 2 aromatic carbocycles. The lowest BCUT2D eigenvalue weighted by atomic mass is 10.2. The fourth-order valence-corrected chi connectivity index (χ4v) is 2.25. The molecule has 0 N–H and O–H groups in total. The van der Waals surface area contributed by atoms with Crippen molar-refractivity contribution in [1.29, 1.82) is 0 Å². The van der Waals surface area contributed by atoms with Crippen molar-refractivity contribution in [2.24, 2.45) is 0 Å². The Morgan fingerprint density at radius 2 is 1.79 bits per heavy atom. The molecule has 0 aliphatic carbocycles. The van der Waals surface area contributed by atoms with Crippen LogP contribution in [0, 0.1) is 18.6 Å². The average molecular weight is 348 g/mol. The summed E-state index contributed by atoms with van der Waals surface area (Å²) >= 11 is 8.86. The quantitative estimate of drug-likeness (QED) is 0.660. The number of benzene rings is 2. The Bertz CT molecular complexity index is 593. The Morgan fingerprint density at radius 3 is 2.32 bits per heavy atom. The number of alkyl halides is 1. The van der Waals surface area contributed by atoms with Gasteiger partial charge in [0.1, 0.15) is 5.75 Å². The molecule has 0 unspecified atom stereocenters. The molecule has 0 saturated carbocycles. The SMILES string of the molecule is Cc1cc(Br)ccc1Oc1c(F)cc(CCl)cc1F. The van der Waals surface area contributed by atoms with Gasteiger partial charge in [-0.2, -0.15) is 0 Å².